The number of halogens is 1. The first-order valence-corrected chi connectivity index (χ1v) is 7.77. The van der Waals surface area contributed by atoms with E-state index >= 15 is 0 Å². The molecule has 0 fully saturated rings. The Balaban J connectivity index is 0.000000948. The molecule has 0 bridgehead atoms. The highest BCUT2D eigenvalue weighted by molar-refractivity contribution is 5.77. The molecule has 0 amide bonds. The number of hydrogen-bond donors (Lipinski definition) is 1. The summed E-state index contributed by atoms with van der Waals surface area (Å²) in [6.45, 7) is 1.55. The Morgan fingerprint density at radius 1 is 1.08 bits per heavy atom. The second-order valence-corrected chi connectivity index (χ2v) is 5.28. The molecule has 134 valence electrons. The molecule has 0 aliphatic carbocycles. The fraction of sp³-hybridized carbons (Fsp3) is 0.167. The van der Waals surface area contributed by atoms with Gasteiger partial charge in [-0.2, -0.15) is 0 Å². The number of alkyl halides is 1. The minimum atomic E-state index is -0.880. The molecule has 4 rings (SSSR count). The molecule has 1 atom stereocenters. The third-order valence-electron chi connectivity index (χ3n) is 3.50. The molecule has 0 aliphatic rings. The minimum absolute atomic E-state index is 0.500. The monoisotopic (exact) mass is 356 g/mol. The molecule has 2 aromatic heterocycles. The molecular weight excluding hydrogens is 339 g/mol. The van der Waals surface area contributed by atoms with E-state index in [1.807, 2.05) is 28.8 Å². The van der Waals surface area contributed by atoms with E-state index in [2.05, 4.69) is 15.2 Å². The van der Waals surface area contributed by atoms with E-state index in [0.29, 0.717) is 24.4 Å². The summed E-state index contributed by atoms with van der Waals surface area (Å²) in [7, 11) is 0.500. The zero-order chi connectivity index (χ0) is 18.5. The largest absolute Gasteiger partial charge is 0.465 e. The number of aromatic nitrogens is 4. The lowest BCUT2D eigenvalue weighted by Crippen LogP contribution is -2.09. The maximum atomic E-state index is 9.50. The van der Waals surface area contributed by atoms with Gasteiger partial charge in [0.15, 0.2) is 11.9 Å². The average molecular weight is 356 g/mol. The van der Waals surface area contributed by atoms with Gasteiger partial charge in [0.25, 0.3) is 0 Å². The van der Waals surface area contributed by atoms with Crippen molar-refractivity contribution in [1.82, 2.24) is 19.7 Å². The molecule has 26 heavy (non-hydrogen) atoms. The van der Waals surface area contributed by atoms with Gasteiger partial charge >= 0.3 is 0 Å². The van der Waals surface area contributed by atoms with Crippen LogP contribution < -0.4 is 4.74 Å². The topological polar surface area (TPSA) is 86.2 Å². The summed E-state index contributed by atoms with van der Waals surface area (Å²) in [5.74, 6) is 1.05. The van der Waals surface area contributed by atoms with Gasteiger partial charge in [0.05, 0.1) is 7.18 Å². The van der Waals surface area contributed by atoms with Gasteiger partial charge in [-0.3, -0.25) is 8.96 Å². The number of fused-ring (bicyclic) bond motifs is 1. The second kappa shape index (κ2) is 7.75. The highest BCUT2D eigenvalue weighted by Crippen LogP contribution is 2.27. The quantitative estimate of drug-likeness (QED) is 0.564. The number of hydrogen-bond acceptors (Lipinski definition) is 6. The summed E-state index contributed by atoms with van der Waals surface area (Å²) in [6.07, 6.45) is 2.39. The van der Waals surface area contributed by atoms with Crippen LogP contribution in [0.25, 0.3) is 28.2 Å². The summed E-state index contributed by atoms with van der Waals surface area (Å²) in [5.41, 5.74) is 3.14. The summed E-state index contributed by atoms with van der Waals surface area (Å²) in [4.78, 5) is 4.48. The lowest BCUT2D eigenvalue weighted by atomic mass is 10.2. The van der Waals surface area contributed by atoms with E-state index < -0.39 is 6.29 Å². The van der Waals surface area contributed by atoms with Crippen molar-refractivity contribution < 1.29 is 18.7 Å². The number of rotatable bonds is 4. The van der Waals surface area contributed by atoms with Crippen LogP contribution in [0.15, 0.2) is 59.5 Å². The molecule has 0 spiro atoms. The highest BCUT2D eigenvalue weighted by Gasteiger charge is 2.10. The zero-order valence-corrected chi connectivity index (χ0v) is 14.2. The van der Waals surface area contributed by atoms with E-state index in [-0.39, 0.29) is 0 Å². The maximum absolute atomic E-state index is 9.50. The second-order valence-electron chi connectivity index (χ2n) is 5.28. The van der Waals surface area contributed by atoms with Crippen LogP contribution in [0.1, 0.15) is 6.92 Å². The summed E-state index contributed by atoms with van der Waals surface area (Å²) < 4.78 is 22.4. The molecule has 1 N–H and O–H groups in total. The normalized spacial score (nSPS) is 11.7. The first-order chi connectivity index (χ1) is 12.7. The Labute approximate surface area is 148 Å². The average Bonchev–Trinajstić information content (AvgIpc) is 3.32. The van der Waals surface area contributed by atoms with E-state index in [4.69, 9.17) is 9.15 Å². The Morgan fingerprint density at radius 3 is 2.42 bits per heavy atom. The smallest absolute Gasteiger partial charge is 0.227 e. The van der Waals surface area contributed by atoms with Crippen LogP contribution in [0.3, 0.4) is 0 Å². The van der Waals surface area contributed by atoms with E-state index in [1.54, 1.807) is 37.8 Å². The van der Waals surface area contributed by atoms with Crippen LogP contribution in [0.4, 0.5) is 4.39 Å². The lowest BCUT2D eigenvalue weighted by molar-refractivity contribution is -0.000225. The van der Waals surface area contributed by atoms with Gasteiger partial charge < -0.3 is 14.3 Å². The third-order valence-corrected chi connectivity index (χ3v) is 3.50. The standard InChI is InChI=1S/C17H14N4O3.CH3F/c1-11(22)23-14-6-7-15-16(8-14)24-17(20-15)12-2-4-13(5-3-12)21-9-18-19-10-21;1-2/h2-11,22H,1H3;1H3. The fourth-order valence-electron chi connectivity index (χ4n) is 2.41. The van der Waals surface area contributed by atoms with E-state index in [0.717, 1.165) is 16.8 Å². The molecule has 2 aromatic carbocycles. The predicted molar refractivity (Wildman–Crippen MR) is 93.7 cm³/mol. The van der Waals surface area contributed by atoms with Gasteiger partial charge in [-0.25, -0.2) is 4.98 Å². The predicted octanol–water partition coefficient (Wildman–Crippen LogP) is 3.38. The van der Waals surface area contributed by atoms with Crippen LogP contribution in [0, 0.1) is 0 Å². The Bertz CT molecular complexity index is 966. The van der Waals surface area contributed by atoms with Crippen molar-refractivity contribution in [3.05, 3.63) is 55.1 Å². The Hall–Kier alpha value is -3.26. The first-order valence-electron chi connectivity index (χ1n) is 7.77. The van der Waals surface area contributed by atoms with Gasteiger partial charge in [-0.1, -0.05) is 0 Å². The molecule has 0 radical (unpaired) electrons. The Morgan fingerprint density at radius 2 is 1.77 bits per heavy atom. The van der Waals surface area contributed by atoms with Crippen molar-refractivity contribution in [1.29, 1.82) is 0 Å². The molecule has 0 saturated carbocycles. The number of nitrogens with zero attached hydrogens (tertiary/aromatic N) is 4. The van der Waals surface area contributed by atoms with Crippen molar-refractivity contribution in [3.8, 4) is 22.9 Å². The van der Waals surface area contributed by atoms with Crippen LogP contribution in [0.2, 0.25) is 0 Å². The highest BCUT2D eigenvalue weighted by atomic mass is 19.1. The maximum Gasteiger partial charge on any atom is 0.227 e. The number of aliphatic hydroxyl groups is 1. The number of oxazole rings is 1. The molecule has 0 saturated heterocycles. The lowest BCUT2D eigenvalue weighted by Gasteiger charge is -2.07. The van der Waals surface area contributed by atoms with E-state index in [1.165, 1.54) is 0 Å². The third kappa shape index (κ3) is 3.70. The number of aliphatic hydroxyl groups excluding tert-OH is 1. The van der Waals surface area contributed by atoms with Crippen molar-refractivity contribution >= 4 is 11.1 Å². The van der Waals surface area contributed by atoms with Crippen LogP contribution in [-0.2, 0) is 0 Å². The van der Waals surface area contributed by atoms with E-state index in [9.17, 15) is 9.50 Å². The molecule has 2 heterocycles. The first kappa shape index (κ1) is 17.6. The molecule has 0 aliphatic heterocycles. The summed E-state index contributed by atoms with van der Waals surface area (Å²) in [5, 5.41) is 16.9. The molecule has 4 aromatic rings. The van der Waals surface area contributed by atoms with Crippen LogP contribution >= 0.6 is 0 Å². The van der Waals surface area contributed by atoms with Gasteiger partial charge in [0.1, 0.15) is 23.9 Å². The van der Waals surface area contributed by atoms with Gasteiger partial charge in [0, 0.05) is 17.3 Å². The van der Waals surface area contributed by atoms with Crippen molar-refractivity contribution in [2.75, 3.05) is 7.18 Å². The molecular formula is C18H17FN4O3. The van der Waals surface area contributed by atoms with Gasteiger partial charge in [-0.05, 0) is 43.3 Å². The van der Waals surface area contributed by atoms with Crippen LogP contribution in [-0.4, -0.2) is 38.3 Å². The molecule has 8 heteroatoms. The van der Waals surface area contributed by atoms with Gasteiger partial charge in [-0.15, -0.1) is 10.2 Å². The molecule has 1 unspecified atom stereocenters. The molecule has 7 nitrogen and oxygen atoms in total. The van der Waals surface area contributed by atoms with Crippen molar-refractivity contribution in [2.45, 2.75) is 13.2 Å². The number of benzene rings is 2. The summed E-state index contributed by atoms with van der Waals surface area (Å²) >= 11 is 0. The Kier molecular flexibility index (Phi) is 5.23. The van der Waals surface area contributed by atoms with Gasteiger partial charge in [0.2, 0.25) is 5.89 Å². The van der Waals surface area contributed by atoms with Crippen LogP contribution in [0.5, 0.6) is 5.75 Å². The van der Waals surface area contributed by atoms with Crippen molar-refractivity contribution in [3.63, 3.8) is 0 Å². The fourth-order valence-corrected chi connectivity index (χ4v) is 2.41. The zero-order valence-electron chi connectivity index (χ0n) is 14.2. The number of ether oxygens (including phenoxy) is 1. The van der Waals surface area contributed by atoms with Crippen molar-refractivity contribution in [2.24, 2.45) is 0 Å². The summed E-state index contributed by atoms with van der Waals surface area (Å²) in [6, 6.07) is 13.0. The minimum Gasteiger partial charge on any atom is -0.465 e. The SMILES string of the molecule is CC(O)Oc1ccc2nc(-c3ccc(-n4cnnc4)cc3)oc2c1.CF.